The van der Waals surface area contributed by atoms with Crippen molar-refractivity contribution < 1.29 is 4.79 Å². The molecule has 8 heteroatoms. The maximum Gasteiger partial charge on any atom is 0.277 e. The summed E-state index contributed by atoms with van der Waals surface area (Å²) in [5.41, 5.74) is 9.77. The van der Waals surface area contributed by atoms with E-state index in [1.54, 1.807) is 12.3 Å². The molecule has 1 atom stereocenters. The Balaban J connectivity index is 1.49. The summed E-state index contributed by atoms with van der Waals surface area (Å²) in [5, 5.41) is 6.11. The van der Waals surface area contributed by atoms with Crippen LogP contribution in [-0.4, -0.2) is 20.4 Å². The number of anilines is 2. The van der Waals surface area contributed by atoms with E-state index in [1.807, 2.05) is 44.2 Å². The summed E-state index contributed by atoms with van der Waals surface area (Å²) in [6.07, 6.45) is 2.71. The molecule has 160 valence electrons. The zero-order valence-corrected chi connectivity index (χ0v) is 17.7. The number of fused-ring (bicyclic) bond motifs is 1. The van der Waals surface area contributed by atoms with Crippen LogP contribution in [0.25, 0.3) is 0 Å². The standard InChI is InChI=1S/C23H26N6O2/c1-14-5-3-4-6-16(14)11-25-18-13-26-21-10-8-19(29(21)23(18)31)22(30)27-12-17-7-9-20(24)28-15(17)2/h3-7,9,13,19,25H,8,10-12H2,1-2H3,(H2,24,28)(H,27,30). The molecule has 0 fully saturated rings. The molecule has 0 saturated carbocycles. The van der Waals surface area contributed by atoms with E-state index >= 15 is 0 Å². The number of pyridine rings is 1. The van der Waals surface area contributed by atoms with Gasteiger partial charge < -0.3 is 16.4 Å². The van der Waals surface area contributed by atoms with Crippen LogP contribution in [0.1, 0.15) is 40.7 Å². The van der Waals surface area contributed by atoms with Crippen molar-refractivity contribution in [2.75, 3.05) is 11.1 Å². The molecule has 3 heterocycles. The third-order valence-corrected chi connectivity index (χ3v) is 5.73. The Morgan fingerprint density at radius 1 is 1.16 bits per heavy atom. The second-order valence-corrected chi connectivity index (χ2v) is 7.80. The second-order valence-electron chi connectivity index (χ2n) is 7.80. The Morgan fingerprint density at radius 2 is 1.97 bits per heavy atom. The number of hydrogen-bond donors (Lipinski definition) is 3. The minimum absolute atomic E-state index is 0.199. The first-order valence-electron chi connectivity index (χ1n) is 10.3. The average Bonchev–Trinajstić information content (AvgIpc) is 3.19. The van der Waals surface area contributed by atoms with Gasteiger partial charge in [-0.25, -0.2) is 9.97 Å². The molecule has 0 saturated heterocycles. The van der Waals surface area contributed by atoms with E-state index in [-0.39, 0.29) is 11.5 Å². The highest BCUT2D eigenvalue weighted by molar-refractivity contribution is 5.81. The summed E-state index contributed by atoms with van der Waals surface area (Å²) in [5.74, 6) is 0.882. The van der Waals surface area contributed by atoms with Gasteiger partial charge in [-0.15, -0.1) is 0 Å². The minimum atomic E-state index is -0.572. The van der Waals surface area contributed by atoms with Gasteiger partial charge in [0.1, 0.15) is 23.4 Å². The minimum Gasteiger partial charge on any atom is -0.384 e. The number of nitrogens with two attached hydrogens (primary N) is 1. The number of benzene rings is 1. The van der Waals surface area contributed by atoms with Crippen LogP contribution in [0.2, 0.25) is 0 Å². The number of aryl methyl sites for hydroxylation is 3. The molecular formula is C23H26N6O2. The van der Waals surface area contributed by atoms with Crippen molar-refractivity contribution in [1.29, 1.82) is 0 Å². The molecule has 3 aromatic rings. The van der Waals surface area contributed by atoms with Crippen molar-refractivity contribution in [3.63, 3.8) is 0 Å². The van der Waals surface area contributed by atoms with Crippen LogP contribution in [0.15, 0.2) is 47.4 Å². The quantitative estimate of drug-likeness (QED) is 0.566. The van der Waals surface area contributed by atoms with E-state index in [9.17, 15) is 9.59 Å². The molecule has 31 heavy (non-hydrogen) atoms. The summed E-state index contributed by atoms with van der Waals surface area (Å²) in [6, 6.07) is 11.0. The molecule has 8 nitrogen and oxygen atoms in total. The zero-order valence-electron chi connectivity index (χ0n) is 17.7. The highest BCUT2D eigenvalue weighted by atomic mass is 16.2. The average molecular weight is 419 g/mol. The lowest BCUT2D eigenvalue weighted by atomic mass is 10.1. The molecule has 4 rings (SSSR count). The molecule has 0 aliphatic carbocycles. The Labute approximate surface area is 180 Å². The summed E-state index contributed by atoms with van der Waals surface area (Å²) in [6.45, 7) is 4.73. The smallest absolute Gasteiger partial charge is 0.277 e. The molecule has 1 aliphatic heterocycles. The Morgan fingerprint density at radius 3 is 2.74 bits per heavy atom. The Kier molecular flexibility index (Phi) is 5.70. The molecule has 0 spiro atoms. The van der Waals surface area contributed by atoms with Gasteiger partial charge in [0.05, 0.1) is 6.20 Å². The van der Waals surface area contributed by atoms with Crippen molar-refractivity contribution in [3.05, 3.63) is 81.2 Å². The van der Waals surface area contributed by atoms with Crippen molar-refractivity contribution in [2.45, 2.75) is 45.8 Å². The van der Waals surface area contributed by atoms with E-state index in [2.05, 4.69) is 20.6 Å². The maximum absolute atomic E-state index is 13.1. The van der Waals surface area contributed by atoms with Gasteiger partial charge in [0.2, 0.25) is 5.91 Å². The summed E-state index contributed by atoms with van der Waals surface area (Å²) < 4.78 is 1.52. The third kappa shape index (κ3) is 4.28. The van der Waals surface area contributed by atoms with Crippen LogP contribution in [0.5, 0.6) is 0 Å². The number of carbonyl (C=O) groups is 1. The van der Waals surface area contributed by atoms with Gasteiger partial charge in [0, 0.05) is 25.2 Å². The number of nitrogens with zero attached hydrogens (tertiary/aromatic N) is 3. The van der Waals surface area contributed by atoms with E-state index < -0.39 is 6.04 Å². The predicted octanol–water partition coefficient (Wildman–Crippen LogP) is 2.25. The molecule has 1 aliphatic rings. The SMILES string of the molecule is Cc1ccccc1CNc1cnc2n(c1=O)C(C(=O)NCc1ccc(N)nc1C)CC2. The first kappa shape index (κ1) is 20.6. The highest BCUT2D eigenvalue weighted by Gasteiger charge is 2.31. The van der Waals surface area contributed by atoms with Gasteiger partial charge in [0.15, 0.2) is 0 Å². The maximum atomic E-state index is 13.1. The van der Waals surface area contributed by atoms with Crippen LogP contribution in [0.4, 0.5) is 11.5 Å². The van der Waals surface area contributed by atoms with Crippen molar-refractivity contribution >= 4 is 17.4 Å². The molecule has 0 radical (unpaired) electrons. The van der Waals surface area contributed by atoms with E-state index in [0.29, 0.717) is 43.3 Å². The summed E-state index contributed by atoms with van der Waals surface area (Å²) in [4.78, 5) is 34.6. The number of aromatic nitrogens is 3. The van der Waals surface area contributed by atoms with Crippen molar-refractivity contribution in [2.24, 2.45) is 0 Å². The normalized spacial score (nSPS) is 14.8. The van der Waals surface area contributed by atoms with Crippen LogP contribution >= 0.6 is 0 Å². The number of nitrogens with one attached hydrogen (secondary N) is 2. The first-order valence-corrected chi connectivity index (χ1v) is 10.3. The first-order chi connectivity index (χ1) is 14.9. The molecule has 0 bridgehead atoms. The molecule has 1 unspecified atom stereocenters. The number of carbonyl (C=O) groups excluding carboxylic acids is 1. The second kappa shape index (κ2) is 8.59. The summed E-state index contributed by atoms with van der Waals surface area (Å²) >= 11 is 0. The largest absolute Gasteiger partial charge is 0.384 e. The zero-order chi connectivity index (χ0) is 22.0. The highest BCUT2D eigenvalue weighted by Crippen LogP contribution is 2.23. The van der Waals surface area contributed by atoms with E-state index in [0.717, 1.165) is 22.4 Å². The van der Waals surface area contributed by atoms with Crippen LogP contribution in [-0.2, 0) is 24.3 Å². The molecule has 1 aromatic carbocycles. The fourth-order valence-corrected chi connectivity index (χ4v) is 3.87. The number of nitrogen functional groups attached to an aromatic ring is 1. The fourth-order valence-electron chi connectivity index (χ4n) is 3.87. The lowest BCUT2D eigenvalue weighted by Crippen LogP contribution is -2.36. The van der Waals surface area contributed by atoms with Crippen LogP contribution in [0.3, 0.4) is 0 Å². The third-order valence-electron chi connectivity index (χ3n) is 5.73. The topological polar surface area (TPSA) is 115 Å². The van der Waals surface area contributed by atoms with Gasteiger partial charge in [-0.05, 0) is 43.0 Å². The van der Waals surface area contributed by atoms with Crippen LogP contribution < -0.4 is 21.9 Å². The lowest BCUT2D eigenvalue weighted by molar-refractivity contribution is -0.124. The van der Waals surface area contributed by atoms with E-state index in [4.69, 9.17) is 5.73 Å². The monoisotopic (exact) mass is 418 g/mol. The lowest BCUT2D eigenvalue weighted by Gasteiger charge is -2.16. The molecule has 1 amide bonds. The van der Waals surface area contributed by atoms with Gasteiger partial charge in [0.25, 0.3) is 5.56 Å². The Bertz CT molecular complexity index is 1190. The Hall–Kier alpha value is -3.68. The van der Waals surface area contributed by atoms with Crippen molar-refractivity contribution in [1.82, 2.24) is 19.9 Å². The number of hydrogen-bond acceptors (Lipinski definition) is 6. The van der Waals surface area contributed by atoms with Gasteiger partial charge in [-0.3, -0.25) is 14.2 Å². The number of rotatable bonds is 6. The number of amides is 1. The van der Waals surface area contributed by atoms with Gasteiger partial charge in [-0.1, -0.05) is 30.3 Å². The van der Waals surface area contributed by atoms with Gasteiger partial charge in [-0.2, -0.15) is 0 Å². The molecular weight excluding hydrogens is 392 g/mol. The van der Waals surface area contributed by atoms with Crippen LogP contribution in [0, 0.1) is 13.8 Å². The van der Waals surface area contributed by atoms with Crippen molar-refractivity contribution in [3.8, 4) is 0 Å². The fraction of sp³-hybridized carbons (Fsp3) is 0.304. The molecule has 2 aromatic heterocycles. The summed E-state index contributed by atoms with van der Waals surface area (Å²) in [7, 11) is 0. The van der Waals surface area contributed by atoms with E-state index in [1.165, 1.54) is 4.57 Å². The molecule has 4 N–H and O–H groups in total. The predicted molar refractivity (Wildman–Crippen MR) is 120 cm³/mol. The van der Waals surface area contributed by atoms with Gasteiger partial charge >= 0.3 is 0 Å².